The van der Waals surface area contributed by atoms with Gasteiger partial charge in [0.25, 0.3) is 11.5 Å². The van der Waals surface area contributed by atoms with E-state index in [4.69, 9.17) is 23.2 Å². The molecule has 22 heavy (non-hydrogen) atoms. The van der Waals surface area contributed by atoms with E-state index in [0.717, 1.165) is 36.9 Å². The van der Waals surface area contributed by atoms with Crippen molar-refractivity contribution >= 4 is 34.8 Å². The van der Waals surface area contributed by atoms with Crippen LogP contribution >= 0.6 is 23.2 Å². The Kier molecular flexibility index (Phi) is 4.23. The summed E-state index contributed by atoms with van der Waals surface area (Å²) in [5.41, 5.74) is 2.08. The van der Waals surface area contributed by atoms with Crippen LogP contribution in [0.3, 0.4) is 0 Å². The average molecular weight is 337 g/mol. The van der Waals surface area contributed by atoms with Crippen LogP contribution in [-0.4, -0.2) is 10.9 Å². The van der Waals surface area contributed by atoms with E-state index in [1.807, 2.05) is 0 Å². The van der Waals surface area contributed by atoms with Gasteiger partial charge in [0.2, 0.25) is 0 Å². The first-order chi connectivity index (χ1) is 10.5. The Morgan fingerprint density at radius 3 is 2.73 bits per heavy atom. The van der Waals surface area contributed by atoms with Gasteiger partial charge < -0.3 is 10.3 Å². The van der Waals surface area contributed by atoms with E-state index in [2.05, 4.69) is 10.3 Å². The Bertz CT molecular complexity index is 799. The molecular formula is C16H14Cl2N2O2. The molecule has 0 spiro atoms. The number of hydrogen-bond donors (Lipinski definition) is 2. The number of benzene rings is 1. The minimum Gasteiger partial charge on any atom is -0.325 e. The standard InChI is InChI=1S/C16H14Cl2N2O2/c17-10-5-6-12(18)14(8-10)20-16(22)11-7-9-3-1-2-4-13(9)19-15(11)21/h5-8H,1-4H2,(H,19,21)(H,20,22). The topological polar surface area (TPSA) is 62.0 Å². The highest BCUT2D eigenvalue weighted by Gasteiger charge is 2.18. The second-order valence-corrected chi connectivity index (χ2v) is 6.14. The van der Waals surface area contributed by atoms with Gasteiger partial charge in [-0.2, -0.15) is 0 Å². The van der Waals surface area contributed by atoms with E-state index in [-0.39, 0.29) is 11.1 Å². The number of rotatable bonds is 2. The van der Waals surface area contributed by atoms with Crippen LogP contribution in [0.1, 0.15) is 34.5 Å². The number of anilines is 1. The Hall–Kier alpha value is -1.78. The molecule has 1 heterocycles. The molecule has 6 heteroatoms. The van der Waals surface area contributed by atoms with Crippen molar-refractivity contribution < 1.29 is 4.79 Å². The Balaban J connectivity index is 1.92. The molecule has 3 rings (SSSR count). The highest BCUT2D eigenvalue weighted by molar-refractivity contribution is 6.35. The largest absolute Gasteiger partial charge is 0.325 e. The number of amides is 1. The maximum Gasteiger partial charge on any atom is 0.261 e. The van der Waals surface area contributed by atoms with Gasteiger partial charge in [-0.1, -0.05) is 23.2 Å². The molecule has 0 radical (unpaired) electrons. The molecular weight excluding hydrogens is 323 g/mol. The van der Waals surface area contributed by atoms with Crippen LogP contribution in [0.2, 0.25) is 10.0 Å². The smallest absolute Gasteiger partial charge is 0.261 e. The summed E-state index contributed by atoms with van der Waals surface area (Å²) in [6.07, 6.45) is 3.86. The van der Waals surface area contributed by atoms with Crippen LogP contribution in [0, 0.1) is 0 Å². The fourth-order valence-corrected chi connectivity index (χ4v) is 2.96. The predicted octanol–water partition coefficient (Wildman–Crippen LogP) is 3.81. The minimum absolute atomic E-state index is 0.0942. The van der Waals surface area contributed by atoms with Crippen molar-refractivity contribution in [3.8, 4) is 0 Å². The Morgan fingerprint density at radius 1 is 1.14 bits per heavy atom. The second kappa shape index (κ2) is 6.15. The summed E-state index contributed by atoms with van der Waals surface area (Å²) in [4.78, 5) is 27.3. The van der Waals surface area contributed by atoms with Gasteiger partial charge in [-0.05, 0) is 55.5 Å². The lowest BCUT2D eigenvalue weighted by atomic mass is 9.95. The molecule has 0 aliphatic heterocycles. The lowest BCUT2D eigenvalue weighted by Gasteiger charge is -2.16. The van der Waals surface area contributed by atoms with Gasteiger partial charge in [-0.15, -0.1) is 0 Å². The van der Waals surface area contributed by atoms with Crippen molar-refractivity contribution in [2.24, 2.45) is 0 Å². The first-order valence-corrected chi connectivity index (χ1v) is 7.81. The van der Waals surface area contributed by atoms with E-state index >= 15 is 0 Å². The first-order valence-electron chi connectivity index (χ1n) is 7.06. The summed E-state index contributed by atoms with van der Waals surface area (Å²) in [6, 6.07) is 6.46. The van der Waals surface area contributed by atoms with Crippen molar-refractivity contribution in [3.05, 3.63) is 61.5 Å². The Labute approximate surface area is 137 Å². The van der Waals surface area contributed by atoms with Gasteiger partial charge >= 0.3 is 0 Å². The summed E-state index contributed by atoms with van der Waals surface area (Å²) >= 11 is 11.9. The molecule has 2 N–H and O–H groups in total. The minimum atomic E-state index is -0.487. The zero-order valence-electron chi connectivity index (χ0n) is 11.7. The monoisotopic (exact) mass is 336 g/mol. The van der Waals surface area contributed by atoms with Crippen molar-refractivity contribution in [1.82, 2.24) is 4.98 Å². The van der Waals surface area contributed by atoms with Crippen LogP contribution in [-0.2, 0) is 12.8 Å². The summed E-state index contributed by atoms with van der Waals surface area (Å²) in [5.74, 6) is -0.487. The van der Waals surface area contributed by atoms with Gasteiger partial charge in [-0.25, -0.2) is 0 Å². The summed E-state index contributed by atoms with van der Waals surface area (Å²) in [5, 5.41) is 3.46. The third kappa shape index (κ3) is 3.03. The number of aromatic amines is 1. The Morgan fingerprint density at radius 2 is 1.91 bits per heavy atom. The summed E-state index contributed by atoms with van der Waals surface area (Å²) < 4.78 is 0. The molecule has 0 atom stereocenters. The van der Waals surface area contributed by atoms with Crippen LogP contribution in [0.4, 0.5) is 5.69 Å². The number of pyridine rings is 1. The molecule has 1 amide bonds. The fourth-order valence-electron chi connectivity index (χ4n) is 2.63. The molecule has 0 saturated heterocycles. The number of nitrogens with one attached hydrogen (secondary N) is 2. The molecule has 1 aliphatic carbocycles. The number of H-pyrrole nitrogens is 1. The van der Waals surface area contributed by atoms with Gasteiger partial charge in [0.1, 0.15) is 5.56 Å². The number of fused-ring (bicyclic) bond motifs is 1. The van der Waals surface area contributed by atoms with Crippen LogP contribution in [0.15, 0.2) is 29.1 Å². The molecule has 0 unspecified atom stereocenters. The number of carbonyl (C=O) groups excluding carboxylic acids is 1. The van der Waals surface area contributed by atoms with Crippen molar-refractivity contribution in [3.63, 3.8) is 0 Å². The highest BCUT2D eigenvalue weighted by Crippen LogP contribution is 2.26. The maximum atomic E-state index is 12.4. The molecule has 4 nitrogen and oxygen atoms in total. The molecule has 0 saturated carbocycles. The maximum absolute atomic E-state index is 12.4. The van der Waals surface area contributed by atoms with E-state index in [1.165, 1.54) is 0 Å². The number of aryl methyl sites for hydroxylation is 2. The van der Waals surface area contributed by atoms with E-state index < -0.39 is 5.91 Å². The molecule has 1 aliphatic rings. The van der Waals surface area contributed by atoms with Crippen molar-refractivity contribution in [1.29, 1.82) is 0 Å². The molecule has 2 aromatic rings. The summed E-state index contributed by atoms with van der Waals surface area (Å²) in [7, 11) is 0. The van der Waals surface area contributed by atoms with E-state index in [9.17, 15) is 9.59 Å². The number of aromatic nitrogens is 1. The number of hydrogen-bond acceptors (Lipinski definition) is 2. The first kappa shape index (κ1) is 15.1. The van der Waals surface area contributed by atoms with E-state index in [0.29, 0.717) is 15.7 Å². The van der Waals surface area contributed by atoms with Gasteiger partial charge in [0.05, 0.1) is 10.7 Å². The molecule has 114 valence electrons. The van der Waals surface area contributed by atoms with Gasteiger partial charge in [0.15, 0.2) is 0 Å². The average Bonchev–Trinajstić information content (AvgIpc) is 2.50. The van der Waals surface area contributed by atoms with Gasteiger partial charge in [-0.3, -0.25) is 9.59 Å². The predicted molar refractivity (Wildman–Crippen MR) is 88.1 cm³/mol. The van der Waals surface area contributed by atoms with Crippen LogP contribution in [0.5, 0.6) is 0 Å². The SMILES string of the molecule is O=C(Nc1cc(Cl)ccc1Cl)c1cc2c([nH]c1=O)CCCC2. The van der Waals surface area contributed by atoms with Crippen molar-refractivity contribution in [2.75, 3.05) is 5.32 Å². The number of carbonyl (C=O) groups is 1. The third-order valence-corrected chi connectivity index (χ3v) is 4.32. The van der Waals surface area contributed by atoms with E-state index in [1.54, 1.807) is 24.3 Å². The quantitative estimate of drug-likeness (QED) is 0.875. The van der Waals surface area contributed by atoms with Gasteiger partial charge in [0, 0.05) is 10.7 Å². The molecule has 0 bridgehead atoms. The second-order valence-electron chi connectivity index (χ2n) is 5.30. The van der Waals surface area contributed by atoms with Crippen molar-refractivity contribution in [2.45, 2.75) is 25.7 Å². The highest BCUT2D eigenvalue weighted by atomic mass is 35.5. The molecule has 0 fully saturated rings. The van der Waals surface area contributed by atoms with Crippen LogP contribution < -0.4 is 10.9 Å². The van der Waals surface area contributed by atoms with Crippen LogP contribution in [0.25, 0.3) is 0 Å². The zero-order chi connectivity index (χ0) is 15.7. The zero-order valence-corrected chi connectivity index (χ0v) is 13.2. The normalized spacial score (nSPS) is 13.5. The third-order valence-electron chi connectivity index (χ3n) is 3.76. The molecule has 1 aromatic carbocycles. The summed E-state index contributed by atoms with van der Waals surface area (Å²) in [6.45, 7) is 0. The fraction of sp³-hybridized carbons (Fsp3) is 0.250. The number of halogens is 2. The molecule has 1 aromatic heterocycles. The lowest BCUT2D eigenvalue weighted by molar-refractivity contribution is 0.102. The lowest BCUT2D eigenvalue weighted by Crippen LogP contribution is -2.26.